The zero-order valence-corrected chi connectivity index (χ0v) is 8.78. The van der Waals surface area contributed by atoms with E-state index in [1.165, 1.54) is 0 Å². The van der Waals surface area contributed by atoms with E-state index in [0.717, 1.165) is 0 Å². The van der Waals surface area contributed by atoms with Crippen LogP contribution >= 0.6 is 0 Å². The van der Waals surface area contributed by atoms with E-state index in [1.807, 2.05) is 23.9 Å². The Morgan fingerprint density at radius 1 is 1.67 bits per heavy atom. The number of aromatic nitrogens is 1. The Labute approximate surface area is 87.8 Å². The lowest BCUT2D eigenvalue weighted by Crippen LogP contribution is -3.00. The standard InChI is InChI=1S/C7H9N3O.HI/c1-10-4-2-3-6(5-10)9-7(8)11;/h2-5H,1H3,(H2-,8,9,11);1H. The summed E-state index contributed by atoms with van der Waals surface area (Å²) >= 11 is 0. The summed E-state index contributed by atoms with van der Waals surface area (Å²) in [4.78, 5) is 10.4. The molecule has 2 amide bonds. The van der Waals surface area contributed by atoms with E-state index >= 15 is 0 Å². The number of hydrogen-bond acceptors (Lipinski definition) is 1. The van der Waals surface area contributed by atoms with Crippen molar-refractivity contribution in [1.29, 1.82) is 0 Å². The maximum Gasteiger partial charge on any atom is 0.316 e. The zero-order valence-electron chi connectivity index (χ0n) is 6.62. The monoisotopic (exact) mass is 279 g/mol. The van der Waals surface area contributed by atoms with Crippen molar-refractivity contribution in [2.45, 2.75) is 0 Å². The molecule has 0 aromatic carbocycles. The molecule has 0 radical (unpaired) electrons. The van der Waals surface area contributed by atoms with Gasteiger partial charge in [0.05, 0.1) is 0 Å². The summed E-state index contributed by atoms with van der Waals surface area (Å²) in [5, 5.41) is 2.46. The molecule has 1 heterocycles. The van der Waals surface area contributed by atoms with Crippen molar-refractivity contribution in [2.75, 3.05) is 5.32 Å². The topological polar surface area (TPSA) is 59.0 Å². The molecule has 1 aromatic heterocycles. The number of halogens is 1. The number of hydrogen-bond donors (Lipinski definition) is 2. The van der Waals surface area contributed by atoms with Gasteiger partial charge in [0.2, 0.25) is 0 Å². The van der Waals surface area contributed by atoms with Gasteiger partial charge < -0.3 is 35.0 Å². The van der Waals surface area contributed by atoms with E-state index in [-0.39, 0.29) is 24.0 Å². The number of nitrogens with two attached hydrogens (primary N) is 1. The Kier molecular flexibility index (Phi) is 4.57. The first kappa shape index (κ1) is 11.2. The predicted octanol–water partition coefficient (Wildman–Crippen LogP) is -2.99. The van der Waals surface area contributed by atoms with Crippen molar-refractivity contribution >= 4 is 11.7 Å². The molecule has 3 N–H and O–H groups in total. The average Bonchev–Trinajstić information content (AvgIpc) is 1.85. The van der Waals surface area contributed by atoms with Gasteiger partial charge in [-0.25, -0.2) is 9.36 Å². The summed E-state index contributed by atoms with van der Waals surface area (Å²) in [6.07, 6.45) is 3.64. The maximum absolute atomic E-state index is 10.4. The third-order valence-electron chi connectivity index (χ3n) is 1.21. The van der Waals surface area contributed by atoms with Gasteiger partial charge in [0.15, 0.2) is 12.4 Å². The normalized spacial score (nSPS) is 8.42. The molecule has 4 nitrogen and oxygen atoms in total. The average molecular weight is 279 g/mol. The van der Waals surface area contributed by atoms with Crippen LogP contribution in [0, 0.1) is 0 Å². The fourth-order valence-corrected chi connectivity index (χ4v) is 0.804. The number of urea groups is 1. The largest absolute Gasteiger partial charge is 1.00 e. The molecule has 0 aliphatic heterocycles. The van der Waals surface area contributed by atoms with Crippen LogP contribution in [0.3, 0.4) is 0 Å². The van der Waals surface area contributed by atoms with Gasteiger partial charge in [-0.3, -0.25) is 0 Å². The minimum absolute atomic E-state index is 0. The SMILES string of the molecule is C[n+]1cccc(NC(N)=O)c1.[I-]. The molecule has 0 fully saturated rings. The molecule has 1 rings (SSSR count). The highest BCUT2D eigenvalue weighted by atomic mass is 127. The van der Waals surface area contributed by atoms with Gasteiger partial charge in [-0.2, -0.15) is 0 Å². The Balaban J connectivity index is 0.00000121. The van der Waals surface area contributed by atoms with Gasteiger partial charge in [-0.15, -0.1) is 0 Å². The quantitative estimate of drug-likeness (QED) is 0.418. The number of pyridine rings is 1. The van der Waals surface area contributed by atoms with Gasteiger partial charge >= 0.3 is 6.03 Å². The first-order valence-corrected chi connectivity index (χ1v) is 3.20. The molecule has 0 saturated carbocycles. The van der Waals surface area contributed by atoms with Gasteiger partial charge in [0.1, 0.15) is 12.7 Å². The first-order valence-electron chi connectivity index (χ1n) is 3.20. The van der Waals surface area contributed by atoms with Gasteiger partial charge in [0.25, 0.3) is 0 Å². The van der Waals surface area contributed by atoms with Crippen LogP contribution in [-0.4, -0.2) is 6.03 Å². The van der Waals surface area contributed by atoms with E-state index in [1.54, 1.807) is 12.3 Å². The maximum atomic E-state index is 10.4. The van der Waals surface area contributed by atoms with Crippen LogP contribution in [0.4, 0.5) is 10.5 Å². The van der Waals surface area contributed by atoms with E-state index in [4.69, 9.17) is 5.73 Å². The number of amides is 2. The molecule has 1 aromatic rings. The number of aryl methyl sites for hydroxylation is 1. The van der Waals surface area contributed by atoms with Crippen LogP contribution in [0.2, 0.25) is 0 Å². The summed E-state index contributed by atoms with van der Waals surface area (Å²) < 4.78 is 1.82. The summed E-state index contributed by atoms with van der Waals surface area (Å²) in [6.45, 7) is 0. The molecule has 0 saturated heterocycles. The van der Waals surface area contributed by atoms with Gasteiger partial charge in [-0.05, 0) is 6.07 Å². The highest BCUT2D eigenvalue weighted by Crippen LogP contribution is 1.99. The molecule has 0 aliphatic rings. The van der Waals surface area contributed by atoms with Crippen LogP contribution in [-0.2, 0) is 7.05 Å². The van der Waals surface area contributed by atoms with Crippen molar-refractivity contribution in [3.63, 3.8) is 0 Å². The summed E-state index contributed by atoms with van der Waals surface area (Å²) in [5.74, 6) is 0. The summed E-state index contributed by atoms with van der Waals surface area (Å²) in [5.41, 5.74) is 5.61. The van der Waals surface area contributed by atoms with Gasteiger partial charge in [-0.1, -0.05) is 0 Å². The second-order valence-electron chi connectivity index (χ2n) is 2.25. The minimum atomic E-state index is -0.545. The lowest BCUT2D eigenvalue weighted by atomic mass is 10.4. The molecular formula is C7H10IN3O. The first-order chi connectivity index (χ1) is 5.18. The molecule has 5 heteroatoms. The molecule has 0 unspecified atom stereocenters. The Morgan fingerprint density at radius 3 is 2.83 bits per heavy atom. The number of rotatable bonds is 1. The van der Waals surface area contributed by atoms with E-state index in [0.29, 0.717) is 5.69 Å². The predicted molar refractivity (Wildman–Crippen MR) is 40.8 cm³/mol. The molecule has 0 bridgehead atoms. The Hall–Kier alpha value is -0.850. The molecule has 0 atom stereocenters. The number of nitrogens with one attached hydrogen (secondary N) is 1. The van der Waals surface area contributed by atoms with Crippen molar-refractivity contribution in [3.8, 4) is 0 Å². The van der Waals surface area contributed by atoms with Crippen LogP contribution in [0.25, 0.3) is 0 Å². The number of nitrogens with zero attached hydrogens (tertiary/aromatic N) is 1. The van der Waals surface area contributed by atoms with Crippen molar-refractivity contribution in [2.24, 2.45) is 12.8 Å². The van der Waals surface area contributed by atoms with Crippen LogP contribution in [0.15, 0.2) is 24.5 Å². The Morgan fingerprint density at radius 2 is 2.33 bits per heavy atom. The number of primary amides is 1. The van der Waals surface area contributed by atoms with E-state index < -0.39 is 6.03 Å². The minimum Gasteiger partial charge on any atom is -1.00 e. The van der Waals surface area contributed by atoms with Crippen LogP contribution in [0.5, 0.6) is 0 Å². The lowest BCUT2D eigenvalue weighted by molar-refractivity contribution is -0.670. The molecule has 0 aliphatic carbocycles. The van der Waals surface area contributed by atoms with Crippen molar-refractivity contribution in [1.82, 2.24) is 0 Å². The van der Waals surface area contributed by atoms with Crippen LogP contribution in [0.1, 0.15) is 0 Å². The molecule has 12 heavy (non-hydrogen) atoms. The highest BCUT2D eigenvalue weighted by Gasteiger charge is 1.98. The number of anilines is 1. The smallest absolute Gasteiger partial charge is 0.316 e. The van der Waals surface area contributed by atoms with Crippen molar-refractivity contribution in [3.05, 3.63) is 24.5 Å². The van der Waals surface area contributed by atoms with E-state index in [2.05, 4.69) is 5.32 Å². The number of carbonyl (C=O) groups excluding carboxylic acids is 1. The number of carbonyl (C=O) groups is 1. The highest BCUT2D eigenvalue weighted by molar-refractivity contribution is 5.87. The molecular weight excluding hydrogens is 269 g/mol. The fraction of sp³-hybridized carbons (Fsp3) is 0.143. The van der Waals surface area contributed by atoms with Crippen molar-refractivity contribution < 1.29 is 33.3 Å². The lowest BCUT2D eigenvalue weighted by Gasteiger charge is -1.96. The third kappa shape index (κ3) is 3.51. The Bertz CT molecular complexity index is 277. The zero-order chi connectivity index (χ0) is 8.27. The summed E-state index contributed by atoms with van der Waals surface area (Å²) in [7, 11) is 1.87. The molecule has 0 spiro atoms. The third-order valence-corrected chi connectivity index (χ3v) is 1.21. The second-order valence-corrected chi connectivity index (χ2v) is 2.25. The molecule has 66 valence electrons. The fourth-order valence-electron chi connectivity index (χ4n) is 0.804. The second kappa shape index (κ2) is 4.91. The van der Waals surface area contributed by atoms with Crippen LogP contribution < -0.4 is 39.6 Å². The van der Waals surface area contributed by atoms with Gasteiger partial charge in [0, 0.05) is 6.07 Å². The van der Waals surface area contributed by atoms with E-state index in [9.17, 15) is 4.79 Å². The summed E-state index contributed by atoms with van der Waals surface area (Å²) in [6, 6.07) is 3.05.